The largest absolute Gasteiger partial charge is 0.493 e. The normalized spacial score (nSPS) is 10.4. The van der Waals surface area contributed by atoms with Crippen molar-refractivity contribution < 1.29 is 9.47 Å². The minimum atomic E-state index is 0.547. The van der Waals surface area contributed by atoms with E-state index in [1.54, 1.807) is 14.2 Å². The zero-order chi connectivity index (χ0) is 14.7. The van der Waals surface area contributed by atoms with Crippen molar-refractivity contribution >= 4 is 28.1 Å². The Kier molecular flexibility index (Phi) is 4.77. The molecule has 0 radical (unpaired) electrons. The van der Waals surface area contributed by atoms with E-state index in [2.05, 4.69) is 32.8 Å². The van der Waals surface area contributed by atoms with Gasteiger partial charge in [-0.3, -0.25) is 0 Å². The topological polar surface area (TPSA) is 47.1 Å². The molecule has 1 aromatic heterocycles. The lowest BCUT2D eigenvalue weighted by Crippen LogP contribution is -1.98. The van der Waals surface area contributed by atoms with Gasteiger partial charge in [0.1, 0.15) is 10.5 Å². The SMILES string of the molecule is CCc1[nH]c(-c2ccc(OC)c(OC)c2)nc(=S)c1Br. The van der Waals surface area contributed by atoms with Crippen molar-refractivity contribution in [3.63, 3.8) is 0 Å². The van der Waals surface area contributed by atoms with Gasteiger partial charge in [-0.05, 0) is 40.5 Å². The molecule has 0 saturated heterocycles. The summed E-state index contributed by atoms with van der Waals surface area (Å²) in [7, 11) is 3.22. The summed E-state index contributed by atoms with van der Waals surface area (Å²) in [4.78, 5) is 7.69. The molecule has 2 rings (SSSR count). The minimum Gasteiger partial charge on any atom is -0.493 e. The van der Waals surface area contributed by atoms with Crippen molar-refractivity contribution in [2.75, 3.05) is 14.2 Å². The molecule has 0 amide bonds. The summed E-state index contributed by atoms with van der Waals surface area (Å²) >= 11 is 8.73. The number of hydrogen-bond acceptors (Lipinski definition) is 4. The van der Waals surface area contributed by atoms with Gasteiger partial charge < -0.3 is 14.5 Å². The van der Waals surface area contributed by atoms with E-state index in [9.17, 15) is 0 Å². The lowest BCUT2D eigenvalue weighted by atomic mass is 10.2. The van der Waals surface area contributed by atoms with E-state index in [4.69, 9.17) is 21.7 Å². The molecule has 0 unspecified atom stereocenters. The maximum atomic E-state index is 5.31. The molecule has 2 aromatic rings. The molecule has 6 heteroatoms. The molecule has 0 aliphatic heterocycles. The lowest BCUT2D eigenvalue weighted by Gasteiger charge is -2.11. The summed E-state index contributed by atoms with van der Waals surface area (Å²) in [6.07, 6.45) is 0.840. The van der Waals surface area contributed by atoms with Crippen LogP contribution in [0.3, 0.4) is 0 Å². The van der Waals surface area contributed by atoms with Crippen LogP contribution in [0.4, 0.5) is 0 Å². The molecule has 1 heterocycles. The van der Waals surface area contributed by atoms with Crippen molar-refractivity contribution in [3.05, 3.63) is 33.0 Å². The number of ether oxygens (including phenoxy) is 2. The molecular formula is C14H15BrN2O2S. The third kappa shape index (κ3) is 2.86. The number of methoxy groups -OCH3 is 2. The maximum absolute atomic E-state index is 5.31. The Labute approximate surface area is 131 Å². The van der Waals surface area contributed by atoms with Crippen LogP contribution < -0.4 is 9.47 Å². The second-order valence-electron chi connectivity index (χ2n) is 4.11. The van der Waals surface area contributed by atoms with Gasteiger partial charge in [0.2, 0.25) is 0 Å². The molecule has 1 N–H and O–H groups in total. The fraction of sp³-hybridized carbons (Fsp3) is 0.286. The first-order valence-corrected chi connectivity index (χ1v) is 7.32. The Morgan fingerprint density at radius 1 is 1.25 bits per heavy atom. The van der Waals surface area contributed by atoms with E-state index in [1.807, 2.05) is 18.2 Å². The first-order chi connectivity index (χ1) is 9.60. The molecule has 0 fully saturated rings. The summed E-state index contributed by atoms with van der Waals surface area (Å²) in [6.45, 7) is 2.06. The third-order valence-corrected chi connectivity index (χ3v) is 4.36. The summed E-state index contributed by atoms with van der Waals surface area (Å²) in [5.74, 6) is 2.06. The van der Waals surface area contributed by atoms with Crippen LogP contribution in [-0.4, -0.2) is 24.2 Å². The van der Waals surface area contributed by atoms with E-state index in [1.165, 1.54) is 0 Å². The van der Waals surface area contributed by atoms with Gasteiger partial charge in [0, 0.05) is 11.3 Å². The van der Waals surface area contributed by atoms with E-state index in [0.717, 1.165) is 28.0 Å². The smallest absolute Gasteiger partial charge is 0.161 e. The van der Waals surface area contributed by atoms with E-state index >= 15 is 0 Å². The molecular weight excluding hydrogens is 340 g/mol. The number of aromatic nitrogens is 2. The van der Waals surface area contributed by atoms with Crippen molar-refractivity contribution in [3.8, 4) is 22.9 Å². The van der Waals surface area contributed by atoms with Gasteiger partial charge in [0.05, 0.1) is 18.7 Å². The number of rotatable bonds is 4. The molecule has 4 nitrogen and oxygen atoms in total. The predicted molar refractivity (Wildman–Crippen MR) is 85.0 cm³/mol. The molecule has 0 saturated carbocycles. The number of H-pyrrole nitrogens is 1. The van der Waals surface area contributed by atoms with Crippen molar-refractivity contribution in [1.29, 1.82) is 0 Å². The second-order valence-corrected chi connectivity index (χ2v) is 5.29. The molecule has 0 spiro atoms. The summed E-state index contributed by atoms with van der Waals surface area (Å²) in [5.41, 5.74) is 1.92. The van der Waals surface area contributed by atoms with Gasteiger partial charge in [-0.2, -0.15) is 0 Å². The number of nitrogens with one attached hydrogen (secondary N) is 1. The highest BCUT2D eigenvalue weighted by Gasteiger charge is 2.10. The van der Waals surface area contributed by atoms with E-state index in [0.29, 0.717) is 16.1 Å². The van der Waals surface area contributed by atoms with Gasteiger partial charge in [-0.1, -0.05) is 19.1 Å². The van der Waals surface area contributed by atoms with Gasteiger partial charge in [-0.15, -0.1) is 0 Å². The second kappa shape index (κ2) is 6.37. The Balaban J connectivity index is 2.57. The standard InChI is InChI=1S/C14H15BrN2O2S/c1-4-9-12(15)14(20)17-13(16-9)8-5-6-10(18-2)11(7-8)19-3/h5-7H,4H2,1-3H3,(H,16,17,20). The van der Waals surface area contributed by atoms with Crippen LogP contribution in [0, 0.1) is 4.64 Å². The predicted octanol–water partition coefficient (Wildman–Crippen LogP) is 4.15. The Bertz CT molecular complexity index is 685. The first kappa shape index (κ1) is 15.0. The van der Waals surface area contributed by atoms with Crippen LogP contribution in [0.1, 0.15) is 12.6 Å². The molecule has 20 heavy (non-hydrogen) atoms. The number of benzene rings is 1. The van der Waals surface area contributed by atoms with Gasteiger partial charge in [0.15, 0.2) is 11.5 Å². The monoisotopic (exact) mass is 354 g/mol. The quantitative estimate of drug-likeness (QED) is 0.837. The zero-order valence-corrected chi connectivity index (χ0v) is 13.9. The summed E-state index contributed by atoms with van der Waals surface area (Å²) < 4.78 is 11.9. The van der Waals surface area contributed by atoms with Crippen LogP contribution in [0.25, 0.3) is 11.4 Å². The van der Waals surface area contributed by atoms with Gasteiger partial charge in [-0.25, -0.2) is 4.98 Å². The van der Waals surface area contributed by atoms with E-state index < -0.39 is 0 Å². The highest BCUT2D eigenvalue weighted by molar-refractivity contribution is 9.10. The number of aromatic amines is 1. The summed E-state index contributed by atoms with van der Waals surface area (Å²) in [6, 6.07) is 5.64. The Morgan fingerprint density at radius 2 is 1.95 bits per heavy atom. The van der Waals surface area contributed by atoms with Crippen LogP contribution in [-0.2, 0) is 6.42 Å². The van der Waals surface area contributed by atoms with Crippen molar-refractivity contribution in [2.45, 2.75) is 13.3 Å². The van der Waals surface area contributed by atoms with Crippen LogP contribution >= 0.6 is 28.1 Å². The number of aryl methyl sites for hydroxylation is 1. The first-order valence-electron chi connectivity index (χ1n) is 6.11. The number of halogens is 1. The molecule has 0 aliphatic rings. The third-order valence-electron chi connectivity index (χ3n) is 2.95. The molecule has 0 atom stereocenters. The average molecular weight is 355 g/mol. The lowest BCUT2D eigenvalue weighted by molar-refractivity contribution is 0.355. The zero-order valence-electron chi connectivity index (χ0n) is 11.5. The minimum absolute atomic E-state index is 0.547. The van der Waals surface area contributed by atoms with Crippen LogP contribution in [0.5, 0.6) is 11.5 Å². The number of hydrogen-bond donors (Lipinski definition) is 1. The van der Waals surface area contributed by atoms with Gasteiger partial charge >= 0.3 is 0 Å². The van der Waals surface area contributed by atoms with Crippen LogP contribution in [0.2, 0.25) is 0 Å². The number of nitrogens with zero attached hydrogens (tertiary/aromatic N) is 1. The fourth-order valence-electron chi connectivity index (χ4n) is 1.87. The highest BCUT2D eigenvalue weighted by Crippen LogP contribution is 2.31. The summed E-state index contributed by atoms with van der Waals surface area (Å²) in [5, 5.41) is 0. The van der Waals surface area contributed by atoms with Crippen molar-refractivity contribution in [2.24, 2.45) is 0 Å². The Hall–Kier alpha value is -1.40. The van der Waals surface area contributed by atoms with E-state index in [-0.39, 0.29) is 0 Å². The Morgan fingerprint density at radius 3 is 2.55 bits per heavy atom. The molecule has 106 valence electrons. The fourth-order valence-corrected chi connectivity index (χ4v) is 2.55. The molecule has 0 bridgehead atoms. The molecule has 0 aliphatic carbocycles. The van der Waals surface area contributed by atoms with Crippen LogP contribution in [0.15, 0.2) is 22.7 Å². The highest BCUT2D eigenvalue weighted by atomic mass is 79.9. The van der Waals surface area contributed by atoms with Gasteiger partial charge in [0.25, 0.3) is 0 Å². The molecule has 1 aromatic carbocycles. The van der Waals surface area contributed by atoms with Crippen molar-refractivity contribution in [1.82, 2.24) is 9.97 Å². The maximum Gasteiger partial charge on any atom is 0.161 e. The average Bonchev–Trinajstić information content (AvgIpc) is 2.49.